The monoisotopic (exact) mass is 396 g/mol. The predicted octanol–water partition coefficient (Wildman–Crippen LogP) is 3.20. The highest BCUT2D eigenvalue weighted by Gasteiger charge is 2.15. The lowest BCUT2D eigenvalue weighted by atomic mass is 10.2. The molecule has 0 bridgehead atoms. The van der Waals surface area contributed by atoms with E-state index in [0.29, 0.717) is 29.1 Å². The molecule has 0 N–H and O–H groups in total. The van der Waals surface area contributed by atoms with E-state index < -0.39 is 5.97 Å². The summed E-state index contributed by atoms with van der Waals surface area (Å²) in [6.07, 6.45) is 8.41. The van der Waals surface area contributed by atoms with Gasteiger partial charge in [-0.25, -0.2) is 19.4 Å². The van der Waals surface area contributed by atoms with Gasteiger partial charge in [0.05, 0.1) is 41.5 Å². The first kappa shape index (κ1) is 18.1. The molecule has 4 aromatic heterocycles. The Labute approximate surface area is 165 Å². The molecule has 0 aliphatic heterocycles. The molecule has 0 spiro atoms. The topological polar surface area (TPSA) is 87.7 Å². The standard InChI is InChI=1S/C19H17ClN6O2/c1-3-28-19(27)17-15-11-25(24-16(15)4-5-21-17)9-13-6-12(2)18(22-7-13)26-10-14(20)8-23-26/h4-8,10-11H,3,9H2,1-2H3. The third kappa shape index (κ3) is 3.46. The number of hydrogen-bond acceptors (Lipinski definition) is 6. The summed E-state index contributed by atoms with van der Waals surface area (Å²) in [6.45, 7) is 4.52. The van der Waals surface area contributed by atoms with Crippen LogP contribution in [0.4, 0.5) is 0 Å². The van der Waals surface area contributed by atoms with Crippen molar-refractivity contribution in [1.29, 1.82) is 0 Å². The van der Waals surface area contributed by atoms with Gasteiger partial charge in [0, 0.05) is 18.6 Å². The largest absolute Gasteiger partial charge is 0.461 e. The van der Waals surface area contributed by atoms with Crippen LogP contribution < -0.4 is 0 Å². The molecule has 4 aromatic rings. The Morgan fingerprint density at radius 1 is 1.25 bits per heavy atom. The maximum absolute atomic E-state index is 12.1. The van der Waals surface area contributed by atoms with E-state index in [1.165, 1.54) is 0 Å². The molecule has 0 amide bonds. The van der Waals surface area contributed by atoms with Crippen LogP contribution in [0.2, 0.25) is 5.02 Å². The van der Waals surface area contributed by atoms with E-state index in [9.17, 15) is 4.79 Å². The van der Waals surface area contributed by atoms with Gasteiger partial charge in [-0.2, -0.15) is 10.2 Å². The lowest BCUT2D eigenvalue weighted by Crippen LogP contribution is -2.07. The van der Waals surface area contributed by atoms with E-state index in [1.807, 2.05) is 13.0 Å². The van der Waals surface area contributed by atoms with Crippen molar-refractivity contribution >= 4 is 28.5 Å². The van der Waals surface area contributed by atoms with E-state index in [-0.39, 0.29) is 5.69 Å². The van der Waals surface area contributed by atoms with E-state index in [1.54, 1.807) is 53.3 Å². The Kier molecular flexibility index (Phi) is 4.79. The third-order valence-corrected chi connectivity index (χ3v) is 4.37. The lowest BCUT2D eigenvalue weighted by Gasteiger charge is -2.07. The second-order valence-corrected chi connectivity index (χ2v) is 6.66. The van der Waals surface area contributed by atoms with Crippen LogP contribution in [0.3, 0.4) is 0 Å². The number of carbonyl (C=O) groups is 1. The fourth-order valence-electron chi connectivity index (χ4n) is 2.99. The van der Waals surface area contributed by atoms with Gasteiger partial charge in [0.1, 0.15) is 0 Å². The van der Waals surface area contributed by atoms with Crippen molar-refractivity contribution in [2.45, 2.75) is 20.4 Å². The molecule has 28 heavy (non-hydrogen) atoms. The van der Waals surface area contributed by atoms with Crippen LogP contribution >= 0.6 is 11.6 Å². The first-order chi connectivity index (χ1) is 13.5. The highest BCUT2D eigenvalue weighted by molar-refractivity contribution is 6.30. The number of hydrogen-bond donors (Lipinski definition) is 0. The van der Waals surface area contributed by atoms with Crippen molar-refractivity contribution in [2.75, 3.05) is 6.61 Å². The lowest BCUT2D eigenvalue weighted by molar-refractivity contribution is 0.0522. The normalized spacial score (nSPS) is 11.1. The fraction of sp³-hybridized carbons (Fsp3) is 0.211. The summed E-state index contributed by atoms with van der Waals surface area (Å²) in [7, 11) is 0. The Morgan fingerprint density at radius 2 is 2.11 bits per heavy atom. The predicted molar refractivity (Wildman–Crippen MR) is 104 cm³/mol. The zero-order valence-corrected chi connectivity index (χ0v) is 16.1. The van der Waals surface area contributed by atoms with Gasteiger partial charge in [-0.3, -0.25) is 4.68 Å². The van der Waals surface area contributed by atoms with Gasteiger partial charge in [-0.05, 0) is 37.1 Å². The molecule has 0 saturated heterocycles. The molecular formula is C19H17ClN6O2. The number of halogens is 1. The molecule has 4 rings (SSSR count). The summed E-state index contributed by atoms with van der Waals surface area (Å²) in [5.41, 5.74) is 2.89. The first-order valence-corrected chi connectivity index (χ1v) is 9.08. The van der Waals surface area contributed by atoms with Crippen molar-refractivity contribution < 1.29 is 9.53 Å². The maximum atomic E-state index is 12.1. The summed E-state index contributed by atoms with van der Waals surface area (Å²) in [6, 6.07) is 3.79. The quantitative estimate of drug-likeness (QED) is 0.481. The van der Waals surface area contributed by atoms with E-state index in [2.05, 4.69) is 20.2 Å². The van der Waals surface area contributed by atoms with Gasteiger partial charge in [-0.1, -0.05) is 11.6 Å². The minimum atomic E-state index is -0.451. The molecule has 0 atom stereocenters. The Morgan fingerprint density at radius 3 is 2.82 bits per heavy atom. The zero-order valence-electron chi connectivity index (χ0n) is 15.3. The van der Waals surface area contributed by atoms with Gasteiger partial charge < -0.3 is 4.74 Å². The second-order valence-electron chi connectivity index (χ2n) is 6.23. The molecule has 4 heterocycles. The van der Waals surface area contributed by atoms with Gasteiger partial charge >= 0.3 is 5.97 Å². The average molecular weight is 397 g/mol. The fourth-order valence-corrected chi connectivity index (χ4v) is 3.13. The molecule has 142 valence electrons. The van der Waals surface area contributed by atoms with Gasteiger partial charge in [-0.15, -0.1) is 0 Å². The van der Waals surface area contributed by atoms with E-state index >= 15 is 0 Å². The van der Waals surface area contributed by atoms with Crippen molar-refractivity contribution in [2.24, 2.45) is 0 Å². The van der Waals surface area contributed by atoms with Crippen LogP contribution in [-0.4, -0.2) is 42.1 Å². The van der Waals surface area contributed by atoms with Crippen LogP contribution in [0, 0.1) is 6.92 Å². The molecule has 0 radical (unpaired) electrons. The minimum Gasteiger partial charge on any atom is -0.461 e. The van der Waals surface area contributed by atoms with E-state index in [0.717, 1.165) is 16.9 Å². The molecule has 0 saturated carbocycles. The van der Waals surface area contributed by atoms with E-state index in [4.69, 9.17) is 16.3 Å². The van der Waals surface area contributed by atoms with Gasteiger partial charge in [0.15, 0.2) is 11.5 Å². The number of nitrogens with zero attached hydrogens (tertiary/aromatic N) is 6. The number of aromatic nitrogens is 6. The molecule has 0 aliphatic carbocycles. The molecule has 8 nitrogen and oxygen atoms in total. The van der Waals surface area contributed by atoms with Crippen LogP contribution in [0.15, 0.2) is 43.1 Å². The van der Waals surface area contributed by atoms with Gasteiger partial charge in [0.2, 0.25) is 0 Å². The summed E-state index contributed by atoms with van der Waals surface area (Å²) < 4.78 is 8.47. The number of ether oxygens (including phenoxy) is 1. The van der Waals surface area contributed by atoms with Crippen molar-refractivity contribution in [3.63, 3.8) is 0 Å². The summed E-state index contributed by atoms with van der Waals surface area (Å²) in [4.78, 5) is 20.7. The summed E-state index contributed by atoms with van der Waals surface area (Å²) in [5, 5.41) is 9.93. The van der Waals surface area contributed by atoms with Crippen LogP contribution in [0.25, 0.3) is 16.7 Å². The SMILES string of the molecule is CCOC(=O)c1nccc2nn(Cc3cnc(-n4cc(Cl)cn4)c(C)c3)cc12. The molecule has 0 fully saturated rings. The smallest absolute Gasteiger partial charge is 0.357 e. The molecule has 0 aliphatic rings. The average Bonchev–Trinajstić information content (AvgIpc) is 3.27. The van der Waals surface area contributed by atoms with Crippen LogP contribution in [-0.2, 0) is 11.3 Å². The van der Waals surface area contributed by atoms with Crippen LogP contribution in [0.1, 0.15) is 28.5 Å². The highest BCUT2D eigenvalue weighted by atomic mass is 35.5. The number of carbonyl (C=O) groups excluding carboxylic acids is 1. The third-order valence-electron chi connectivity index (χ3n) is 4.17. The molecular weight excluding hydrogens is 380 g/mol. The van der Waals surface area contributed by atoms with Crippen LogP contribution in [0.5, 0.6) is 0 Å². The molecule has 0 unspecified atom stereocenters. The molecule has 9 heteroatoms. The Balaban J connectivity index is 1.62. The number of fused-ring (bicyclic) bond motifs is 1. The van der Waals surface area contributed by atoms with Crippen molar-refractivity contribution in [3.05, 3.63) is 65.0 Å². The number of esters is 1. The summed E-state index contributed by atoms with van der Waals surface area (Å²) in [5.74, 6) is 0.266. The molecule has 0 aromatic carbocycles. The van der Waals surface area contributed by atoms with Crippen molar-refractivity contribution in [3.8, 4) is 5.82 Å². The Bertz CT molecular complexity index is 1170. The number of aryl methyl sites for hydroxylation is 1. The zero-order chi connectivity index (χ0) is 19.7. The highest BCUT2D eigenvalue weighted by Crippen LogP contribution is 2.19. The summed E-state index contributed by atoms with van der Waals surface area (Å²) >= 11 is 5.93. The van der Waals surface area contributed by atoms with Gasteiger partial charge in [0.25, 0.3) is 0 Å². The number of rotatable bonds is 5. The first-order valence-electron chi connectivity index (χ1n) is 8.70. The minimum absolute atomic E-state index is 0.269. The maximum Gasteiger partial charge on any atom is 0.357 e. The second kappa shape index (κ2) is 7.40. The Hall–Kier alpha value is -3.26. The van der Waals surface area contributed by atoms with Crippen molar-refractivity contribution in [1.82, 2.24) is 29.5 Å². The number of pyridine rings is 2.